The van der Waals surface area contributed by atoms with Crippen molar-refractivity contribution < 1.29 is 9.53 Å². The number of carbonyl (C=O) groups excluding carboxylic acids is 1. The van der Waals surface area contributed by atoms with Crippen LogP contribution in [0.1, 0.15) is 49.4 Å². The Hall–Kier alpha value is -1.94. The van der Waals surface area contributed by atoms with Gasteiger partial charge in [0.15, 0.2) is 0 Å². The fourth-order valence-corrected chi connectivity index (χ4v) is 4.10. The molecular formula is C22H27NO2S. The van der Waals surface area contributed by atoms with Gasteiger partial charge in [-0.15, -0.1) is 11.8 Å². The van der Waals surface area contributed by atoms with E-state index in [-0.39, 0.29) is 17.6 Å². The topological polar surface area (TPSA) is 38.3 Å². The molecule has 26 heavy (non-hydrogen) atoms. The van der Waals surface area contributed by atoms with Crippen molar-refractivity contribution >= 4 is 17.7 Å². The molecule has 0 aliphatic carbocycles. The second kappa shape index (κ2) is 7.75. The molecule has 1 N–H and O–H groups in total. The quantitative estimate of drug-likeness (QED) is 0.736. The first-order valence-electron chi connectivity index (χ1n) is 9.11. The largest absolute Gasteiger partial charge is 0.487 e. The number of benzene rings is 2. The highest BCUT2D eigenvalue weighted by molar-refractivity contribution is 7.99. The molecule has 3 nitrogen and oxygen atoms in total. The summed E-state index contributed by atoms with van der Waals surface area (Å²) in [5.41, 5.74) is 3.22. The molecule has 2 aromatic rings. The normalized spacial score (nSPS) is 17.9. The molecule has 0 radical (unpaired) electrons. The second-order valence-corrected chi connectivity index (χ2v) is 8.81. The van der Waals surface area contributed by atoms with Crippen molar-refractivity contribution in [3.05, 3.63) is 59.2 Å². The molecule has 1 aliphatic rings. The Morgan fingerprint density at radius 2 is 1.85 bits per heavy atom. The smallest absolute Gasteiger partial charge is 0.221 e. The van der Waals surface area contributed by atoms with Crippen molar-refractivity contribution in [2.24, 2.45) is 0 Å². The van der Waals surface area contributed by atoms with Crippen LogP contribution in [0.3, 0.4) is 0 Å². The van der Waals surface area contributed by atoms with Crippen molar-refractivity contribution in [3.63, 3.8) is 0 Å². The molecule has 0 fully saturated rings. The molecule has 3 rings (SSSR count). The van der Waals surface area contributed by atoms with Gasteiger partial charge in [-0.3, -0.25) is 4.79 Å². The van der Waals surface area contributed by atoms with Crippen molar-refractivity contribution in [3.8, 4) is 5.75 Å². The third kappa shape index (κ3) is 4.82. The molecule has 0 spiro atoms. The van der Waals surface area contributed by atoms with E-state index in [2.05, 4.69) is 75.5 Å². The molecule has 138 valence electrons. The van der Waals surface area contributed by atoms with Crippen LogP contribution in [0.2, 0.25) is 0 Å². The first-order chi connectivity index (χ1) is 12.3. The van der Waals surface area contributed by atoms with E-state index in [4.69, 9.17) is 4.74 Å². The minimum atomic E-state index is -0.282. The first kappa shape index (κ1) is 18.8. The van der Waals surface area contributed by atoms with Gasteiger partial charge in [-0.1, -0.05) is 29.8 Å². The van der Waals surface area contributed by atoms with E-state index < -0.39 is 0 Å². The van der Waals surface area contributed by atoms with Crippen molar-refractivity contribution in [1.29, 1.82) is 0 Å². The lowest BCUT2D eigenvalue weighted by atomic mass is 9.89. The predicted octanol–water partition coefficient (Wildman–Crippen LogP) is 5.20. The van der Waals surface area contributed by atoms with Crippen LogP contribution < -0.4 is 10.1 Å². The second-order valence-electron chi connectivity index (χ2n) is 7.64. The van der Waals surface area contributed by atoms with E-state index in [1.165, 1.54) is 16.0 Å². The lowest BCUT2D eigenvalue weighted by Crippen LogP contribution is -2.41. The Bertz CT molecular complexity index is 783. The molecule has 2 aromatic carbocycles. The van der Waals surface area contributed by atoms with E-state index in [9.17, 15) is 4.79 Å². The summed E-state index contributed by atoms with van der Waals surface area (Å²) in [6.45, 7) is 8.28. The van der Waals surface area contributed by atoms with E-state index in [0.717, 1.165) is 23.5 Å². The van der Waals surface area contributed by atoms with Crippen LogP contribution in [0, 0.1) is 13.8 Å². The maximum atomic E-state index is 12.5. The molecule has 0 unspecified atom stereocenters. The van der Waals surface area contributed by atoms with Crippen LogP contribution in [0.15, 0.2) is 47.4 Å². The average molecular weight is 370 g/mol. The van der Waals surface area contributed by atoms with E-state index in [0.29, 0.717) is 6.42 Å². The molecule has 1 heterocycles. The lowest BCUT2D eigenvalue weighted by molar-refractivity contribution is -0.121. The Balaban J connectivity index is 1.59. The summed E-state index contributed by atoms with van der Waals surface area (Å²) >= 11 is 1.72. The fourth-order valence-electron chi connectivity index (χ4n) is 3.25. The highest BCUT2D eigenvalue weighted by Crippen LogP contribution is 2.39. The molecule has 0 bridgehead atoms. The van der Waals surface area contributed by atoms with Gasteiger partial charge in [0.25, 0.3) is 0 Å². The van der Waals surface area contributed by atoms with Gasteiger partial charge >= 0.3 is 0 Å². The van der Waals surface area contributed by atoms with Crippen LogP contribution in [0.25, 0.3) is 0 Å². The van der Waals surface area contributed by atoms with Crippen molar-refractivity contribution in [2.45, 2.75) is 57.1 Å². The molecule has 0 aromatic heterocycles. The zero-order valence-corrected chi connectivity index (χ0v) is 16.8. The minimum Gasteiger partial charge on any atom is -0.487 e. The van der Waals surface area contributed by atoms with Crippen LogP contribution >= 0.6 is 11.8 Å². The number of amides is 1. The Kier molecular flexibility index (Phi) is 5.61. The number of fused-ring (bicyclic) bond motifs is 1. The number of carbonyl (C=O) groups is 1. The number of rotatable bonds is 5. The van der Waals surface area contributed by atoms with E-state index in [1.807, 2.05) is 0 Å². The lowest BCUT2D eigenvalue weighted by Gasteiger charge is -2.38. The zero-order valence-electron chi connectivity index (χ0n) is 16.0. The molecule has 1 amide bonds. The van der Waals surface area contributed by atoms with Gasteiger partial charge in [-0.05, 0) is 51.5 Å². The number of thioether (sulfide) groups is 1. The monoisotopic (exact) mass is 369 g/mol. The maximum absolute atomic E-state index is 12.5. The Labute approximate surface area is 160 Å². The predicted molar refractivity (Wildman–Crippen MR) is 108 cm³/mol. The van der Waals surface area contributed by atoms with E-state index in [1.54, 1.807) is 11.8 Å². The number of hydrogen-bond acceptors (Lipinski definition) is 3. The van der Waals surface area contributed by atoms with Crippen molar-refractivity contribution in [2.75, 3.05) is 5.75 Å². The van der Waals surface area contributed by atoms with Gasteiger partial charge < -0.3 is 10.1 Å². The molecule has 1 atom stereocenters. The number of hydrogen-bond donors (Lipinski definition) is 1. The van der Waals surface area contributed by atoms with Crippen LogP contribution in [0.4, 0.5) is 0 Å². The SMILES string of the molecule is Cc1ccc(SCCC(=O)N[C@H]2CC(C)(C)Oc3cc(C)ccc32)cc1. The van der Waals surface area contributed by atoms with Gasteiger partial charge in [0.2, 0.25) is 5.91 Å². The van der Waals surface area contributed by atoms with Crippen molar-refractivity contribution in [1.82, 2.24) is 5.32 Å². The summed E-state index contributed by atoms with van der Waals surface area (Å²) in [5.74, 6) is 1.77. The highest BCUT2D eigenvalue weighted by atomic mass is 32.2. The van der Waals surface area contributed by atoms with Gasteiger partial charge in [-0.2, -0.15) is 0 Å². The fraction of sp³-hybridized carbons (Fsp3) is 0.409. The molecule has 0 saturated carbocycles. The summed E-state index contributed by atoms with van der Waals surface area (Å²) in [6, 6.07) is 14.6. The Morgan fingerprint density at radius 1 is 1.15 bits per heavy atom. The third-order valence-electron chi connectivity index (χ3n) is 4.58. The van der Waals surface area contributed by atoms with Crippen LogP contribution in [-0.2, 0) is 4.79 Å². The van der Waals surface area contributed by atoms with Crippen LogP contribution in [-0.4, -0.2) is 17.3 Å². The summed E-state index contributed by atoms with van der Waals surface area (Å²) in [4.78, 5) is 13.7. The van der Waals surface area contributed by atoms with Gasteiger partial charge in [-0.25, -0.2) is 0 Å². The molecule has 4 heteroatoms. The summed E-state index contributed by atoms with van der Waals surface area (Å²) in [7, 11) is 0. The van der Waals surface area contributed by atoms with Gasteiger partial charge in [0.05, 0.1) is 6.04 Å². The molecule has 0 saturated heterocycles. The minimum absolute atomic E-state index is 0.00576. The average Bonchev–Trinajstić information content (AvgIpc) is 2.55. The van der Waals surface area contributed by atoms with Gasteiger partial charge in [0, 0.05) is 29.1 Å². The maximum Gasteiger partial charge on any atom is 0.221 e. The van der Waals surface area contributed by atoms with Gasteiger partial charge in [0.1, 0.15) is 11.4 Å². The van der Waals surface area contributed by atoms with Crippen LogP contribution in [0.5, 0.6) is 5.75 Å². The number of ether oxygens (including phenoxy) is 1. The third-order valence-corrected chi connectivity index (χ3v) is 5.59. The first-order valence-corrected chi connectivity index (χ1v) is 10.1. The number of aryl methyl sites for hydroxylation is 2. The summed E-state index contributed by atoms with van der Waals surface area (Å²) in [6.07, 6.45) is 1.29. The standard InChI is InChI=1S/C22H27NO2S/c1-15-5-8-17(9-6-15)26-12-11-21(24)23-19-14-22(3,4)25-20-13-16(2)7-10-18(19)20/h5-10,13,19H,11-12,14H2,1-4H3,(H,23,24)/t19-/m0/s1. The zero-order chi connectivity index (χ0) is 18.7. The summed E-state index contributed by atoms with van der Waals surface area (Å²) in [5, 5.41) is 3.21. The molecular weight excluding hydrogens is 342 g/mol. The van der Waals surface area contributed by atoms with E-state index >= 15 is 0 Å². The Morgan fingerprint density at radius 3 is 2.58 bits per heavy atom. The summed E-state index contributed by atoms with van der Waals surface area (Å²) < 4.78 is 6.11. The number of nitrogens with one attached hydrogen (secondary N) is 1. The highest BCUT2D eigenvalue weighted by Gasteiger charge is 2.34. The molecule has 1 aliphatic heterocycles.